The number of aliphatic hydroxyl groups excluding tert-OH is 1. The summed E-state index contributed by atoms with van der Waals surface area (Å²) in [6.07, 6.45) is 1.00. The van der Waals surface area contributed by atoms with Gasteiger partial charge in [-0.15, -0.1) is 0 Å². The van der Waals surface area contributed by atoms with E-state index in [9.17, 15) is 24.6 Å². The van der Waals surface area contributed by atoms with Gasteiger partial charge in [-0.05, 0) is 37.2 Å². The molecule has 8 nitrogen and oxygen atoms in total. The SMILES string of the molecule is C=C1C(=O)[C@@]23C[C@H]1C[C@@H](OC(C)=O)[C@H]2[C@]12CCC[C@@](C)(COC(C)=O)[C@H]1[C@H](O)[C@@]3(O)OC2. The van der Waals surface area contributed by atoms with E-state index in [1.54, 1.807) is 0 Å². The summed E-state index contributed by atoms with van der Waals surface area (Å²) in [5, 5.41) is 23.6. The van der Waals surface area contributed by atoms with Crippen molar-refractivity contribution in [1.82, 2.24) is 0 Å². The number of Topliss-reactive ketones (excluding diaryl/α,β-unsaturated/α-hetero) is 1. The molecule has 2 N–H and O–H groups in total. The number of hydrogen-bond donors (Lipinski definition) is 2. The average molecular weight is 449 g/mol. The van der Waals surface area contributed by atoms with Gasteiger partial charge >= 0.3 is 11.9 Å². The number of carbonyl (C=O) groups excluding carboxylic acids is 3. The monoisotopic (exact) mass is 448 g/mol. The molecule has 0 radical (unpaired) electrons. The van der Waals surface area contributed by atoms with Crippen LogP contribution in [0.5, 0.6) is 0 Å². The Balaban J connectivity index is 1.70. The molecule has 6 fully saturated rings. The summed E-state index contributed by atoms with van der Waals surface area (Å²) in [5.74, 6) is -4.48. The quantitative estimate of drug-likeness (QED) is 0.493. The van der Waals surface area contributed by atoms with E-state index in [1.807, 2.05) is 6.92 Å². The van der Waals surface area contributed by atoms with Crippen LogP contribution in [0.1, 0.15) is 52.9 Å². The van der Waals surface area contributed by atoms with Crippen LogP contribution in [-0.4, -0.2) is 59.1 Å². The van der Waals surface area contributed by atoms with Crippen LogP contribution >= 0.6 is 0 Å². The van der Waals surface area contributed by atoms with Crippen molar-refractivity contribution >= 4 is 17.7 Å². The maximum Gasteiger partial charge on any atom is 0.302 e. The number of carbonyl (C=O) groups is 3. The Labute approximate surface area is 187 Å². The van der Waals surface area contributed by atoms with E-state index >= 15 is 0 Å². The molecule has 0 unspecified atom stereocenters. The van der Waals surface area contributed by atoms with E-state index in [1.165, 1.54) is 13.8 Å². The summed E-state index contributed by atoms with van der Waals surface area (Å²) in [5.41, 5.74) is -2.32. The molecule has 6 rings (SSSR count). The molecule has 0 amide bonds. The van der Waals surface area contributed by atoms with E-state index in [0.29, 0.717) is 31.3 Å². The molecule has 32 heavy (non-hydrogen) atoms. The molecular weight excluding hydrogens is 416 g/mol. The number of allylic oxidation sites excluding steroid dienone is 1. The highest BCUT2D eigenvalue weighted by Gasteiger charge is 2.85. The lowest BCUT2D eigenvalue weighted by Gasteiger charge is -2.74. The van der Waals surface area contributed by atoms with Crippen molar-refractivity contribution in [2.45, 2.75) is 70.9 Å². The van der Waals surface area contributed by atoms with Crippen molar-refractivity contribution in [3.63, 3.8) is 0 Å². The lowest BCUT2D eigenvalue weighted by Crippen LogP contribution is -2.83. The molecule has 4 saturated carbocycles. The third-order valence-corrected chi connectivity index (χ3v) is 9.40. The first-order chi connectivity index (χ1) is 14.9. The Bertz CT molecular complexity index is 914. The van der Waals surface area contributed by atoms with Gasteiger partial charge in [-0.3, -0.25) is 14.4 Å². The molecule has 0 aromatic rings. The Morgan fingerprint density at radius 3 is 2.59 bits per heavy atom. The second-order valence-corrected chi connectivity index (χ2v) is 11.0. The van der Waals surface area contributed by atoms with Gasteiger partial charge in [-0.25, -0.2) is 0 Å². The third kappa shape index (κ3) is 2.41. The summed E-state index contributed by atoms with van der Waals surface area (Å²) in [4.78, 5) is 37.4. The molecule has 2 saturated heterocycles. The van der Waals surface area contributed by atoms with Crippen LogP contribution in [0, 0.1) is 34.0 Å². The maximum absolute atomic E-state index is 13.7. The normalized spacial score (nSPS) is 51.1. The highest BCUT2D eigenvalue weighted by molar-refractivity contribution is 6.04. The lowest BCUT2D eigenvalue weighted by atomic mass is 9.36. The zero-order chi connectivity index (χ0) is 23.3. The molecule has 9 atom stereocenters. The summed E-state index contributed by atoms with van der Waals surface area (Å²) in [7, 11) is 0. The largest absolute Gasteiger partial charge is 0.465 e. The van der Waals surface area contributed by atoms with Gasteiger partial charge in [0.1, 0.15) is 12.2 Å². The van der Waals surface area contributed by atoms with Gasteiger partial charge in [0.2, 0.25) is 5.79 Å². The fraction of sp³-hybridized carbons (Fsp3) is 0.792. The first-order valence-electron chi connectivity index (χ1n) is 11.5. The molecule has 4 bridgehead atoms. The Hall–Kier alpha value is -1.77. The van der Waals surface area contributed by atoms with Crippen LogP contribution < -0.4 is 0 Å². The summed E-state index contributed by atoms with van der Waals surface area (Å²) < 4.78 is 17.2. The molecular formula is C24H32O8. The third-order valence-electron chi connectivity index (χ3n) is 9.40. The predicted molar refractivity (Wildman–Crippen MR) is 110 cm³/mol. The van der Waals surface area contributed by atoms with Crippen molar-refractivity contribution < 1.29 is 38.8 Å². The van der Waals surface area contributed by atoms with Crippen LogP contribution in [0.15, 0.2) is 12.2 Å². The van der Waals surface area contributed by atoms with Crippen molar-refractivity contribution in [2.75, 3.05) is 13.2 Å². The molecule has 4 aliphatic carbocycles. The minimum Gasteiger partial charge on any atom is -0.465 e. The molecule has 6 aliphatic rings. The van der Waals surface area contributed by atoms with Crippen LogP contribution in [0.25, 0.3) is 0 Å². The van der Waals surface area contributed by atoms with Gasteiger partial charge in [0.25, 0.3) is 0 Å². The summed E-state index contributed by atoms with van der Waals surface area (Å²) >= 11 is 0. The topological polar surface area (TPSA) is 119 Å². The van der Waals surface area contributed by atoms with Gasteiger partial charge in [0.05, 0.1) is 18.6 Å². The van der Waals surface area contributed by atoms with Crippen molar-refractivity contribution in [3.8, 4) is 0 Å². The minimum absolute atomic E-state index is 0.100. The van der Waals surface area contributed by atoms with E-state index in [0.717, 1.165) is 6.42 Å². The zero-order valence-electron chi connectivity index (χ0n) is 18.9. The van der Waals surface area contributed by atoms with E-state index in [4.69, 9.17) is 14.2 Å². The highest BCUT2D eigenvalue weighted by Crippen LogP contribution is 2.76. The fourth-order valence-corrected chi connectivity index (χ4v) is 8.53. The van der Waals surface area contributed by atoms with E-state index in [2.05, 4.69) is 6.58 Å². The van der Waals surface area contributed by atoms with E-state index in [-0.39, 0.29) is 24.9 Å². The molecule has 176 valence electrons. The average Bonchev–Trinajstić information content (AvgIpc) is 2.90. The van der Waals surface area contributed by atoms with Crippen molar-refractivity contribution in [2.24, 2.45) is 34.0 Å². The Kier molecular flexibility index (Phi) is 4.57. The summed E-state index contributed by atoms with van der Waals surface area (Å²) in [6, 6.07) is 0. The van der Waals surface area contributed by atoms with Gasteiger partial charge in [-0.1, -0.05) is 19.9 Å². The van der Waals surface area contributed by atoms with E-state index < -0.39 is 58.0 Å². The maximum atomic E-state index is 13.7. The minimum atomic E-state index is -2.12. The number of ether oxygens (including phenoxy) is 3. The number of rotatable bonds is 3. The smallest absolute Gasteiger partial charge is 0.302 e. The second kappa shape index (κ2) is 6.64. The number of ketones is 1. The highest BCUT2D eigenvalue weighted by atomic mass is 16.6. The van der Waals surface area contributed by atoms with Gasteiger partial charge in [-0.2, -0.15) is 0 Å². The van der Waals surface area contributed by atoms with Gasteiger partial charge < -0.3 is 24.4 Å². The van der Waals surface area contributed by atoms with Gasteiger partial charge in [0, 0.05) is 36.5 Å². The van der Waals surface area contributed by atoms with Gasteiger partial charge in [0.15, 0.2) is 5.78 Å². The first-order valence-corrected chi connectivity index (χ1v) is 11.5. The molecule has 2 spiro atoms. The molecule has 2 aliphatic heterocycles. The van der Waals surface area contributed by atoms with Crippen LogP contribution in [0.2, 0.25) is 0 Å². The number of esters is 2. The zero-order valence-corrected chi connectivity index (χ0v) is 18.9. The first kappa shape index (κ1) is 22.0. The predicted octanol–water partition coefficient (Wildman–Crippen LogP) is 1.52. The Morgan fingerprint density at radius 2 is 1.94 bits per heavy atom. The second-order valence-electron chi connectivity index (χ2n) is 11.0. The standard InChI is InChI=1S/C24H32O8/c1-12-15-8-16(32-14(3)26)17-22-7-5-6-21(4,10-30-13(2)25)18(22)20(28)24(29,31-11-22)23(17,9-15)19(12)27/h15-18,20,28-29H,1,5-11H2,2-4H3/t15-,16-,17+,18-,20+,21+,22-,23-,24-/m1/s1. The number of hydrogen-bond acceptors (Lipinski definition) is 8. The van der Waals surface area contributed by atoms with Crippen LogP contribution in [-0.2, 0) is 28.6 Å². The van der Waals surface area contributed by atoms with Crippen molar-refractivity contribution in [1.29, 1.82) is 0 Å². The molecule has 8 heteroatoms. The Morgan fingerprint density at radius 1 is 1.22 bits per heavy atom. The summed E-state index contributed by atoms with van der Waals surface area (Å²) in [6.45, 7) is 8.90. The lowest BCUT2D eigenvalue weighted by molar-refractivity contribution is -0.446. The number of aliphatic hydroxyl groups is 2. The number of fused-ring (bicyclic) bond motifs is 2. The fourth-order valence-electron chi connectivity index (χ4n) is 8.53. The van der Waals surface area contributed by atoms with Crippen LogP contribution in [0.3, 0.4) is 0 Å². The van der Waals surface area contributed by atoms with Crippen LogP contribution in [0.4, 0.5) is 0 Å². The molecule has 0 aromatic carbocycles. The molecule has 0 aromatic heterocycles. The van der Waals surface area contributed by atoms with Crippen molar-refractivity contribution in [3.05, 3.63) is 12.2 Å². The molecule has 2 heterocycles.